The van der Waals surface area contributed by atoms with Crippen LogP contribution in [0.3, 0.4) is 0 Å². The van der Waals surface area contributed by atoms with Crippen molar-refractivity contribution in [2.45, 2.75) is 58.7 Å². The van der Waals surface area contributed by atoms with Crippen molar-refractivity contribution in [3.05, 3.63) is 0 Å². The van der Waals surface area contributed by atoms with Gasteiger partial charge in [0.2, 0.25) is 8.32 Å². The molecule has 0 spiro atoms. The Balaban J connectivity index is 4.72. The van der Waals surface area contributed by atoms with Crippen molar-refractivity contribution in [2.75, 3.05) is 6.54 Å². The van der Waals surface area contributed by atoms with E-state index in [0.29, 0.717) is 11.5 Å². The van der Waals surface area contributed by atoms with Gasteiger partial charge < -0.3 is 8.99 Å². The molecule has 0 aromatic heterocycles. The van der Waals surface area contributed by atoms with Crippen LogP contribution >= 0.6 is 12.2 Å². The van der Waals surface area contributed by atoms with E-state index >= 15 is 0 Å². The van der Waals surface area contributed by atoms with Crippen molar-refractivity contribution >= 4 is 33.8 Å². The monoisotopic (exact) mass is 301 g/mol. The molecule has 2 nitrogen and oxygen atoms in total. The largest absolute Gasteiger partial charge is 0.540 e. The molecule has 104 valence electrons. The number of thiocarbonyl (C=S) groups is 1. The first-order valence-electron chi connectivity index (χ1n) is 6.46. The van der Waals surface area contributed by atoms with Crippen molar-refractivity contribution in [3.8, 4) is 12.3 Å². The molecule has 0 saturated heterocycles. The standard InChI is InChI=1S/C13H27NOSSi2/c1-9-12(14(10-2)17(3,4)5)11-13(16)15-18(6,7)8/h1,12H,10-11H2,2-8H3. The summed E-state index contributed by atoms with van der Waals surface area (Å²) >= 11 is 5.34. The summed E-state index contributed by atoms with van der Waals surface area (Å²) in [6, 6.07) is 0.0746. The van der Waals surface area contributed by atoms with Crippen LogP contribution in [-0.4, -0.2) is 38.8 Å². The van der Waals surface area contributed by atoms with Gasteiger partial charge in [-0.05, 0) is 38.4 Å². The normalized spacial score (nSPS) is 14.2. The van der Waals surface area contributed by atoms with E-state index in [0.717, 1.165) is 6.54 Å². The van der Waals surface area contributed by atoms with Gasteiger partial charge in [-0.1, -0.05) is 32.5 Å². The van der Waals surface area contributed by atoms with Gasteiger partial charge in [-0.2, -0.15) is 0 Å². The Labute approximate surface area is 120 Å². The second-order valence-corrected chi connectivity index (χ2v) is 16.2. The maximum atomic E-state index is 5.84. The van der Waals surface area contributed by atoms with E-state index in [9.17, 15) is 0 Å². The van der Waals surface area contributed by atoms with Crippen LogP contribution in [0.2, 0.25) is 39.3 Å². The van der Waals surface area contributed by atoms with Gasteiger partial charge >= 0.3 is 0 Å². The van der Waals surface area contributed by atoms with Crippen LogP contribution in [0, 0.1) is 12.3 Å². The highest BCUT2D eigenvalue weighted by Crippen LogP contribution is 2.17. The highest BCUT2D eigenvalue weighted by Gasteiger charge is 2.30. The predicted molar refractivity (Wildman–Crippen MR) is 90.0 cm³/mol. The molecule has 18 heavy (non-hydrogen) atoms. The zero-order chi connectivity index (χ0) is 14.6. The first kappa shape index (κ1) is 17.8. The minimum Gasteiger partial charge on any atom is -0.540 e. The number of terminal acetylenes is 1. The van der Waals surface area contributed by atoms with Crippen molar-refractivity contribution in [1.82, 2.24) is 4.57 Å². The van der Waals surface area contributed by atoms with Gasteiger partial charge in [0.05, 0.1) is 6.04 Å². The Bertz CT molecular complexity index is 325. The molecule has 0 N–H and O–H groups in total. The molecule has 0 heterocycles. The minimum atomic E-state index is -1.61. The lowest BCUT2D eigenvalue weighted by atomic mass is 10.2. The smallest absolute Gasteiger partial charge is 0.242 e. The second kappa shape index (κ2) is 6.85. The van der Waals surface area contributed by atoms with Crippen molar-refractivity contribution in [2.24, 2.45) is 0 Å². The van der Waals surface area contributed by atoms with E-state index in [4.69, 9.17) is 23.1 Å². The summed E-state index contributed by atoms with van der Waals surface area (Å²) in [7, 11) is -3.02. The maximum Gasteiger partial charge on any atom is 0.242 e. The molecule has 0 radical (unpaired) electrons. The van der Waals surface area contributed by atoms with E-state index in [-0.39, 0.29) is 6.04 Å². The molecule has 0 aliphatic heterocycles. The highest BCUT2D eigenvalue weighted by molar-refractivity contribution is 7.80. The third kappa shape index (κ3) is 6.69. The van der Waals surface area contributed by atoms with E-state index in [1.165, 1.54) is 0 Å². The molecule has 0 fully saturated rings. The first-order valence-corrected chi connectivity index (χ1v) is 13.7. The van der Waals surface area contributed by atoms with Crippen LogP contribution in [0.4, 0.5) is 0 Å². The van der Waals surface area contributed by atoms with Crippen LogP contribution in [0.1, 0.15) is 13.3 Å². The number of hydrogen-bond donors (Lipinski definition) is 0. The molecule has 0 aromatic rings. The third-order valence-corrected chi connectivity index (χ3v) is 6.16. The van der Waals surface area contributed by atoms with Crippen LogP contribution in [0.15, 0.2) is 0 Å². The molecule has 0 bridgehead atoms. The molecule has 0 aromatic carbocycles. The first-order chi connectivity index (χ1) is 8.01. The maximum absolute atomic E-state index is 5.84. The molecule has 0 aliphatic carbocycles. The summed E-state index contributed by atoms with van der Waals surface area (Å²) in [6.45, 7) is 16.5. The summed E-state index contributed by atoms with van der Waals surface area (Å²) in [5, 5.41) is 0.675. The van der Waals surface area contributed by atoms with E-state index < -0.39 is 16.6 Å². The van der Waals surface area contributed by atoms with Gasteiger partial charge in [-0.3, -0.25) is 0 Å². The molecule has 0 saturated carbocycles. The fourth-order valence-electron chi connectivity index (χ4n) is 1.96. The lowest BCUT2D eigenvalue weighted by Gasteiger charge is -2.37. The van der Waals surface area contributed by atoms with Crippen molar-refractivity contribution < 1.29 is 4.43 Å². The predicted octanol–water partition coefficient (Wildman–Crippen LogP) is 3.71. The Morgan fingerprint density at radius 3 is 2.06 bits per heavy atom. The van der Waals surface area contributed by atoms with Crippen molar-refractivity contribution in [1.29, 1.82) is 0 Å². The Morgan fingerprint density at radius 1 is 1.28 bits per heavy atom. The fourth-order valence-corrected chi connectivity index (χ4v) is 5.69. The number of hydrogen-bond acceptors (Lipinski definition) is 3. The molecule has 0 rings (SSSR count). The van der Waals surface area contributed by atoms with Gasteiger partial charge in [0.15, 0.2) is 0 Å². The average molecular weight is 302 g/mol. The summed E-state index contributed by atoms with van der Waals surface area (Å²) in [4.78, 5) is 0. The van der Waals surface area contributed by atoms with Crippen LogP contribution in [0.5, 0.6) is 0 Å². The van der Waals surface area contributed by atoms with Crippen LogP contribution in [0.25, 0.3) is 0 Å². The Hall–Kier alpha value is -0.156. The Kier molecular flexibility index (Phi) is 6.79. The van der Waals surface area contributed by atoms with Gasteiger partial charge in [0, 0.05) is 6.42 Å². The van der Waals surface area contributed by atoms with E-state index in [1.54, 1.807) is 0 Å². The SMILES string of the molecule is C#CC(CC(=S)O[Si](C)(C)C)N(CC)[Si](C)(C)C. The Morgan fingerprint density at radius 2 is 1.78 bits per heavy atom. The van der Waals surface area contributed by atoms with Gasteiger partial charge in [-0.15, -0.1) is 6.42 Å². The van der Waals surface area contributed by atoms with Gasteiger partial charge in [0.1, 0.15) is 13.3 Å². The summed E-state index contributed by atoms with van der Waals surface area (Å²) in [5.41, 5.74) is 0. The molecule has 1 atom stereocenters. The summed E-state index contributed by atoms with van der Waals surface area (Å²) in [6.07, 6.45) is 6.36. The van der Waals surface area contributed by atoms with Crippen LogP contribution < -0.4 is 0 Å². The molecule has 0 amide bonds. The molecular formula is C13H27NOSSi2. The van der Waals surface area contributed by atoms with Gasteiger partial charge in [0.25, 0.3) is 0 Å². The number of nitrogens with zero attached hydrogens (tertiary/aromatic N) is 1. The number of rotatable bonds is 6. The molecule has 1 unspecified atom stereocenters. The summed E-state index contributed by atoms with van der Waals surface area (Å²) in [5.74, 6) is 2.88. The zero-order valence-corrected chi connectivity index (χ0v) is 15.6. The topological polar surface area (TPSA) is 12.5 Å². The second-order valence-electron chi connectivity index (χ2n) is 6.43. The van der Waals surface area contributed by atoms with Crippen molar-refractivity contribution in [3.63, 3.8) is 0 Å². The zero-order valence-electron chi connectivity index (χ0n) is 12.8. The summed E-state index contributed by atoms with van der Waals surface area (Å²) < 4.78 is 8.26. The van der Waals surface area contributed by atoms with E-state index in [2.05, 4.69) is 56.7 Å². The molecule has 0 aliphatic rings. The van der Waals surface area contributed by atoms with Gasteiger partial charge in [-0.25, -0.2) is 0 Å². The fraction of sp³-hybridized carbons (Fsp3) is 0.769. The van der Waals surface area contributed by atoms with E-state index in [1.807, 2.05) is 0 Å². The van der Waals surface area contributed by atoms with Crippen LogP contribution in [-0.2, 0) is 4.43 Å². The third-order valence-electron chi connectivity index (χ3n) is 2.55. The highest BCUT2D eigenvalue weighted by atomic mass is 32.1. The quantitative estimate of drug-likeness (QED) is 0.421. The lowest BCUT2D eigenvalue weighted by Crippen LogP contribution is -2.52. The lowest BCUT2D eigenvalue weighted by molar-refractivity contribution is 0.385. The minimum absolute atomic E-state index is 0.0746. The average Bonchev–Trinajstić information content (AvgIpc) is 2.11. The molecule has 5 heteroatoms. The molecular weight excluding hydrogens is 274 g/mol.